The fourth-order valence-electron chi connectivity index (χ4n) is 2.20. The van der Waals surface area contributed by atoms with Gasteiger partial charge in [-0.3, -0.25) is 4.99 Å². The van der Waals surface area contributed by atoms with Crippen LogP contribution in [-0.2, 0) is 16.1 Å². The van der Waals surface area contributed by atoms with Crippen molar-refractivity contribution >= 4 is 40.9 Å². The lowest BCUT2D eigenvalue weighted by atomic mass is 10.1. The molecule has 1 aliphatic heterocycles. The van der Waals surface area contributed by atoms with Crippen LogP contribution in [0.4, 0.5) is 0 Å². The molecule has 2 heterocycles. The van der Waals surface area contributed by atoms with Gasteiger partial charge in [0.05, 0.1) is 28.0 Å². The van der Waals surface area contributed by atoms with Crippen molar-refractivity contribution in [2.75, 3.05) is 6.54 Å². The number of benzene rings is 1. The summed E-state index contributed by atoms with van der Waals surface area (Å²) >= 11 is 12.0. The molecule has 0 unspecified atom stereocenters. The van der Waals surface area contributed by atoms with E-state index in [1.165, 1.54) is 0 Å². The van der Waals surface area contributed by atoms with Gasteiger partial charge in [0.15, 0.2) is 0 Å². The van der Waals surface area contributed by atoms with Crippen molar-refractivity contribution in [2.24, 2.45) is 4.99 Å². The lowest BCUT2D eigenvalue weighted by Crippen LogP contribution is -2.18. The summed E-state index contributed by atoms with van der Waals surface area (Å²) in [7, 11) is 0. The molecule has 0 amide bonds. The Kier molecular flexibility index (Phi) is 6.38. The van der Waals surface area contributed by atoms with Crippen LogP contribution in [-0.4, -0.2) is 39.0 Å². The molecule has 0 aliphatic carbocycles. The van der Waals surface area contributed by atoms with Gasteiger partial charge in [-0.1, -0.05) is 29.3 Å². The molecule has 1 aromatic heterocycles. The summed E-state index contributed by atoms with van der Waals surface area (Å²) < 4.78 is 2.20. The molecule has 8 heteroatoms. The van der Waals surface area contributed by atoms with Crippen LogP contribution in [0.5, 0.6) is 0 Å². The number of fused-ring (bicyclic) bond motifs is 1. The number of halogens is 2. The first-order valence-corrected chi connectivity index (χ1v) is 7.93. The number of nitrogens with zero attached hydrogens (tertiary/aromatic N) is 2. The number of aliphatic carboxylic acids is 2. The molecule has 0 saturated heterocycles. The van der Waals surface area contributed by atoms with Crippen molar-refractivity contribution in [3.8, 4) is 0 Å². The zero-order valence-electron chi connectivity index (χ0n) is 12.9. The predicted octanol–water partition coefficient (Wildman–Crippen LogP) is 3.36. The summed E-state index contributed by atoms with van der Waals surface area (Å²) in [4.78, 5) is 23.7. The summed E-state index contributed by atoms with van der Waals surface area (Å²) in [6.07, 6.45) is 3.19. The van der Waals surface area contributed by atoms with Crippen LogP contribution in [0, 0.1) is 0 Å². The second kappa shape index (κ2) is 8.50. The third kappa shape index (κ3) is 5.20. The molecule has 0 saturated carbocycles. The minimum atomic E-state index is -1.26. The lowest BCUT2D eigenvalue weighted by molar-refractivity contribution is -0.134. The SMILES string of the molecule is Clc1ccc(C2=NCCn3cccc32)cc1Cl.O=C(O)/C=C/C(=O)O. The first-order valence-electron chi connectivity index (χ1n) is 7.18. The van der Waals surface area contributed by atoms with Crippen LogP contribution in [0.15, 0.2) is 53.7 Å². The predicted molar refractivity (Wildman–Crippen MR) is 95.8 cm³/mol. The van der Waals surface area contributed by atoms with Crippen LogP contribution in [0.1, 0.15) is 11.3 Å². The Bertz CT molecular complexity index is 840. The van der Waals surface area contributed by atoms with Crippen LogP contribution >= 0.6 is 23.2 Å². The second-order valence-corrected chi connectivity index (χ2v) is 5.77. The first kappa shape index (κ1) is 18.8. The van der Waals surface area contributed by atoms with Gasteiger partial charge in [0, 0.05) is 30.5 Å². The van der Waals surface area contributed by atoms with Crippen molar-refractivity contribution in [3.63, 3.8) is 0 Å². The molecular weight excluding hydrogens is 367 g/mol. The van der Waals surface area contributed by atoms with Gasteiger partial charge < -0.3 is 14.8 Å². The van der Waals surface area contributed by atoms with E-state index in [-0.39, 0.29) is 0 Å². The maximum Gasteiger partial charge on any atom is 0.328 e. The van der Waals surface area contributed by atoms with E-state index in [9.17, 15) is 9.59 Å². The second-order valence-electron chi connectivity index (χ2n) is 4.96. The quantitative estimate of drug-likeness (QED) is 0.798. The van der Waals surface area contributed by atoms with E-state index in [2.05, 4.69) is 21.8 Å². The molecule has 2 aromatic rings. The molecule has 130 valence electrons. The Morgan fingerprint density at radius 1 is 1.08 bits per heavy atom. The van der Waals surface area contributed by atoms with Crippen molar-refractivity contribution in [1.29, 1.82) is 0 Å². The first-order chi connectivity index (χ1) is 11.9. The number of carboxylic acid groups (broad SMARTS) is 2. The number of rotatable bonds is 3. The van der Waals surface area contributed by atoms with E-state index < -0.39 is 11.9 Å². The normalized spacial score (nSPS) is 12.8. The van der Waals surface area contributed by atoms with Gasteiger partial charge in [-0.15, -0.1) is 0 Å². The zero-order chi connectivity index (χ0) is 18.4. The van der Waals surface area contributed by atoms with Gasteiger partial charge in [0.1, 0.15) is 0 Å². The molecule has 0 fully saturated rings. The molecule has 3 rings (SSSR count). The molecule has 2 N–H and O–H groups in total. The molecule has 1 aromatic carbocycles. The van der Waals surface area contributed by atoms with Crippen molar-refractivity contribution in [1.82, 2.24) is 4.57 Å². The van der Waals surface area contributed by atoms with E-state index in [1.54, 1.807) is 0 Å². The topological polar surface area (TPSA) is 91.9 Å². The Labute approximate surface area is 153 Å². The highest BCUT2D eigenvalue weighted by molar-refractivity contribution is 6.42. The molecule has 1 aliphatic rings. The van der Waals surface area contributed by atoms with Gasteiger partial charge in [0.25, 0.3) is 0 Å². The van der Waals surface area contributed by atoms with E-state index in [4.69, 9.17) is 33.4 Å². The van der Waals surface area contributed by atoms with Crippen molar-refractivity contribution in [2.45, 2.75) is 6.54 Å². The minimum absolute atomic E-state index is 0.558. The molecule has 25 heavy (non-hydrogen) atoms. The molecule has 0 spiro atoms. The van der Waals surface area contributed by atoms with Crippen molar-refractivity contribution < 1.29 is 19.8 Å². The maximum atomic E-state index is 9.55. The van der Waals surface area contributed by atoms with Gasteiger partial charge >= 0.3 is 11.9 Å². The smallest absolute Gasteiger partial charge is 0.328 e. The third-order valence-electron chi connectivity index (χ3n) is 3.24. The highest BCUT2D eigenvalue weighted by Crippen LogP contribution is 2.25. The fraction of sp³-hybridized carbons (Fsp3) is 0.118. The molecule has 0 radical (unpaired) electrons. The lowest BCUT2D eigenvalue weighted by Gasteiger charge is -2.16. The highest BCUT2D eigenvalue weighted by Gasteiger charge is 2.15. The van der Waals surface area contributed by atoms with Crippen LogP contribution in [0.2, 0.25) is 10.0 Å². The number of hydrogen-bond donors (Lipinski definition) is 2. The number of carbonyl (C=O) groups is 2. The zero-order valence-corrected chi connectivity index (χ0v) is 14.4. The van der Waals surface area contributed by atoms with Gasteiger partial charge in [0.2, 0.25) is 0 Å². The number of aliphatic imine (C=N–C) groups is 1. The Balaban J connectivity index is 0.000000242. The standard InChI is InChI=1S/C13H10Cl2N2.C4H4O4/c14-10-4-3-9(8-11(10)15)13-12-2-1-6-17(12)7-5-16-13;5-3(6)1-2-4(7)8/h1-4,6,8H,5,7H2;1-2H,(H,5,6)(H,7,8)/b;2-1+. The molecule has 6 nitrogen and oxygen atoms in total. The third-order valence-corrected chi connectivity index (χ3v) is 3.98. The summed E-state index contributed by atoms with van der Waals surface area (Å²) in [5.74, 6) is -2.51. The number of carboxylic acids is 2. The Morgan fingerprint density at radius 3 is 2.36 bits per heavy atom. The van der Waals surface area contributed by atoms with Crippen molar-refractivity contribution in [3.05, 3.63) is 70.0 Å². The summed E-state index contributed by atoms with van der Waals surface area (Å²) in [5, 5.41) is 16.8. The van der Waals surface area contributed by atoms with E-state index in [0.29, 0.717) is 22.2 Å². The van der Waals surface area contributed by atoms with E-state index in [0.717, 1.165) is 30.1 Å². The van der Waals surface area contributed by atoms with Gasteiger partial charge in [-0.2, -0.15) is 0 Å². The average molecular weight is 381 g/mol. The highest BCUT2D eigenvalue weighted by atomic mass is 35.5. The van der Waals surface area contributed by atoms with Gasteiger partial charge in [-0.05, 0) is 24.3 Å². The summed E-state index contributed by atoms with van der Waals surface area (Å²) in [6.45, 7) is 1.74. The Morgan fingerprint density at radius 2 is 1.76 bits per heavy atom. The Hall–Kier alpha value is -2.57. The number of hydrogen-bond acceptors (Lipinski definition) is 3. The molecular formula is C17H14Cl2N2O4. The molecule has 0 bridgehead atoms. The van der Waals surface area contributed by atoms with Crippen LogP contribution in [0.25, 0.3) is 0 Å². The van der Waals surface area contributed by atoms with E-state index >= 15 is 0 Å². The average Bonchev–Trinajstić information content (AvgIpc) is 3.05. The van der Waals surface area contributed by atoms with Crippen LogP contribution in [0.3, 0.4) is 0 Å². The number of aromatic nitrogens is 1. The fourth-order valence-corrected chi connectivity index (χ4v) is 2.50. The summed E-state index contributed by atoms with van der Waals surface area (Å²) in [6, 6.07) is 9.74. The maximum absolute atomic E-state index is 9.55. The summed E-state index contributed by atoms with van der Waals surface area (Å²) in [5.41, 5.74) is 3.13. The molecule has 0 atom stereocenters. The van der Waals surface area contributed by atoms with Crippen LogP contribution < -0.4 is 0 Å². The van der Waals surface area contributed by atoms with Gasteiger partial charge in [-0.25, -0.2) is 9.59 Å². The monoisotopic (exact) mass is 380 g/mol. The largest absolute Gasteiger partial charge is 0.478 e. The minimum Gasteiger partial charge on any atom is -0.478 e. The van der Waals surface area contributed by atoms with E-state index in [1.807, 2.05) is 24.3 Å².